The number of rotatable bonds is 5. The number of halogens is 1. The maximum Gasteiger partial charge on any atom is 0.338 e. The summed E-state index contributed by atoms with van der Waals surface area (Å²) in [6.45, 7) is 12.1. The predicted octanol–water partition coefficient (Wildman–Crippen LogP) is 5.48. The molecule has 0 N–H and O–H groups in total. The number of aryl methyl sites for hydroxylation is 2. The van der Waals surface area contributed by atoms with Crippen LogP contribution in [0.1, 0.15) is 53.5 Å². The van der Waals surface area contributed by atoms with Gasteiger partial charge < -0.3 is 9.30 Å². The van der Waals surface area contributed by atoms with E-state index in [0.717, 1.165) is 22.6 Å². The van der Waals surface area contributed by atoms with E-state index in [4.69, 9.17) is 16.3 Å². The third kappa shape index (κ3) is 4.60. The highest BCUT2D eigenvalue weighted by Gasteiger charge is 2.34. The molecule has 0 unspecified atom stereocenters. The standard InChI is InChI=1S/C31H30ClN3O3S/c1-7-38-30(37)27-20(5)33-31-35(28(27)23-12-8-9-13-24(23)32)29(36)26(39-31)16-22-15-18(3)34(21(22)6)25-14-10-11-17(2)19(25)4/h8-16,28H,7H2,1-6H3/b26-16-/t28-/m1/s1. The summed E-state index contributed by atoms with van der Waals surface area (Å²) in [5, 5.41) is 0.464. The molecule has 1 aliphatic heterocycles. The molecule has 0 saturated carbocycles. The van der Waals surface area contributed by atoms with Crippen LogP contribution in [-0.4, -0.2) is 21.7 Å². The van der Waals surface area contributed by atoms with Gasteiger partial charge in [0.1, 0.15) is 6.04 Å². The molecular formula is C31H30ClN3O3S. The Labute approximate surface area is 236 Å². The Morgan fingerprint density at radius 2 is 1.85 bits per heavy atom. The number of carbonyl (C=O) groups is 1. The normalized spacial score (nSPS) is 15.4. The van der Waals surface area contributed by atoms with Gasteiger partial charge in [-0.25, -0.2) is 9.79 Å². The van der Waals surface area contributed by atoms with Gasteiger partial charge in [-0.15, -0.1) is 0 Å². The maximum atomic E-state index is 14.0. The lowest BCUT2D eigenvalue weighted by Gasteiger charge is -2.25. The highest BCUT2D eigenvalue weighted by Crippen LogP contribution is 2.34. The van der Waals surface area contributed by atoms with Crippen LogP contribution in [0.15, 0.2) is 69.6 Å². The predicted molar refractivity (Wildman–Crippen MR) is 157 cm³/mol. The monoisotopic (exact) mass is 559 g/mol. The van der Waals surface area contributed by atoms with Crippen LogP contribution < -0.4 is 14.9 Å². The Balaban J connectivity index is 1.72. The van der Waals surface area contributed by atoms with E-state index < -0.39 is 12.0 Å². The SMILES string of the molecule is CCOC(=O)C1=C(C)N=c2s/c(=C\c3cc(C)n(-c4cccc(C)c4C)c3C)c(=O)n2[C@@H]1c1ccccc1Cl. The van der Waals surface area contributed by atoms with E-state index in [1.165, 1.54) is 22.5 Å². The van der Waals surface area contributed by atoms with Gasteiger partial charge in [0, 0.05) is 22.1 Å². The first-order chi connectivity index (χ1) is 18.6. The van der Waals surface area contributed by atoms with Gasteiger partial charge in [0.15, 0.2) is 4.80 Å². The molecule has 2 aromatic heterocycles. The number of nitrogens with zero attached hydrogens (tertiary/aromatic N) is 3. The van der Waals surface area contributed by atoms with Gasteiger partial charge in [-0.3, -0.25) is 9.36 Å². The van der Waals surface area contributed by atoms with E-state index in [1.54, 1.807) is 24.5 Å². The zero-order valence-corrected chi connectivity index (χ0v) is 24.4. The molecule has 39 heavy (non-hydrogen) atoms. The largest absolute Gasteiger partial charge is 0.463 e. The minimum atomic E-state index is -0.737. The first-order valence-electron chi connectivity index (χ1n) is 12.8. The molecule has 6 nitrogen and oxygen atoms in total. The van der Waals surface area contributed by atoms with Crippen molar-refractivity contribution < 1.29 is 9.53 Å². The van der Waals surface area contributed by atoms with Gasteiger partial charge in [0.05, 0.1) is 22.4 Å². The van der Waals surface area contributed by atoms with Gasteiger partial charge in [0.2, 0.25) is 0 Å². The fourth-order valence-electron chi connectivity index (χ4n) is 5.21. The van der Waals surface area contributed by atoms with Crippen molar-refractivity contribution in [2.75, 3.05) is 6.61 Å². The third-order valence-electron chi connectivity index (χ3n) is 7.29. The number of benzene rings is 2. The van der Waals surface area contributed by atoms with Crippen LogP contribution in [-0.2, 0) is 9.53 Å². The number of ether oxygens (including phenoxy) is 1. The van der Waals surface area contributed by atoms with E-state index in [0.29, 0.717) is 31.2 Å². The average molecular weight is 560 g/mol. The molecule has 4 aromatic rings. The summed E-state index contributed by atoms with van der Waals surface area (Å²) < 4.78 is 9.70. The van der Waals surface area contributed by atoms with Crippen LogP contribution in [0.2, 0.25) is 5.02 Å². The molecule has 2 aromatic carbocycles. The van der Waals surface area contributed by atoms with Gasteiger partial charge in [-0.1, -0.05) is 53.3 Å². The van der Waals surface area contributed by atoms with Crippen LogP contribution in [0, 0.1) is 27.7 Å². The molecule has 8 heteroatoms. The summed E-state index contributed by atoms with van der Waals surface area (Å²) in [6, 6.07) is 14.9. The number of aromatic nitrogens is 2. The summed E-state index contributed by atoms with van der Waals surface area (Å²) in [6.07, 6.45) is 1.92. The molecule has 0 aliphatic carbocycles. The van der Waals surface area contributed by atoms with Gasteiger partial charge in [-0.05, 0) is 88.1 Å². The number of hydrogen-bond acceptors (Lipinski definition) is 5. The number of fused-ring (bicyclic) bond motifs is 1. The minimum Gasteiger partial charge on any atom is -0.463 e. The molecule has 5 rings (SSSR count). The molecule has 0 bridgehead atoms. The fourth-order valence-corrected chi connectivity index (χ4v) is 6.48. The second-order valence-electron chi connectivity index (χ2n) is 9.70. The van der Waals surface area contributed by atoms with Crippen molar-refractivity contribution in [3.8, 4) is 5.69 Å². The lowest BCUT2D eigenvalue weighted by atomic mass is 9.96. The van der Waals surface area contributed by atoms with Gasteiger partial charge in [0.25, 0.3) is 5.56 Å². The minimum absolute atomic E-state index is 0.214. The average Bonchev–Trinajstić information content (AvgIpc) is 3.35. The Kier molecular flexibility index (Phi) is 7.23. The van der Waals surface area contributed by atoms with E-state index in [9.17, 15) is 9.59 Å². The van der Waals surface area contributed by atoms with E-state index >= 15 is 0 Å². The van der Waals surface area contributed by atoms with Crippen molar-refractivity contribution in [3.05, 3.63) is 118 Å². The van der Waals surface area contributed by atoms with E-state index in [-0.39, 0.29) is 12.2 Å². The van der Waals surface area contributed by atoms with Gasteiger partial charge >= 0.3 is 5.97 Å². The molecule has 0 fully saturated rings. The Bertz CT molecular complexity index is 1840. The Morgan fingerprint density at radius 3 is 2.56 bits per heavy atom. The van der Waals surface area contributed by atoms with Crippen molar-refractivity contribution in [3.63, 3.8) is 0 Å². The highest BCUT2D eigenvalue weighted by atomic mass is 35.5. The molecule has 0 radical (unpaired) electrons. The van der Waals surface area contributed by atoms with Crippen molar-refractivity contribution in [2.45, 2.75) is 47.6 Å². The van der Waals surface area contributed by atoms with E-state index in [1.807, 2.05) is 24.3 Å². The number of carbonyl (C=O) groups excluding carboxylic acids is 1. The second kappa shape index (κ2) is 10.5. The van der Waals surface area contributed by atoms with Crippen molar-refractivity contribution >= 4 is 35.0 Å². The number of thiazole rings is 1. The molecule has 1 aliphatic rings. The first kappa shape index (κ1) is 26.9. The van der Waals surface area contributed by atoms with Crippen LogP contribution in [0.25, 0.3) is 11.8 Å². The molecule has 0 amide bonds. The molecule has 1 atom stereocenters. The topological polar surface area (TPSA) is 65.6 Å². The van der Waals surface area contributed by atoms with Crippen LogP contribution in [0.3, 0.4) is 0 Å². The lowest BCUT2D eigenvalue weighted by molar-refractivity contribution is -0.139. The summed E-state index contributed by atoms with van der Waals surface area (Å²) in [5.41, 5.74) is 7.89. The van der Waals surface area contributed by atoms with Crippen LogP contribution in [0.5, 0.6) is 0 Å². The number of allylic oxidation sites excluding steroid dienone is 1. The zero-order chi connectivity index (χ0) is 28.0. The quantitative estimate of drug-likeness (QED) is 0.304. The van der Waals surface area contributed by atoms with E-state index in [2.05, 4.69) is 61.5 Å². The van der Waals surface area contributed by atoms with Gasteiger partial charge in [-0.2, -0.15) is 0 Å². The summed E-state index contributed by atoms with van der Waals surface area (Å²) in [4.78, 5) is 32.2. The molecule has 3 heterocycles. The highest BCUT2D eigenvalue weighted by molar-refractivity contribution is 7.07. The third-order valence-corrected chi connectivity index (χ3v) is 8.62. The molecule has 0 spiro atoms. The first-order valence-corrected chi connectivity index (χ1v) is 14.0. The second-order valence-corrected chi connectivity index (χ2v) is 11.1. The lowest BCUT2D eigenvalue weighted by Crippen LogP contribution is -2.40. The Morgan fingerprint density at radius 1 is 1.10 bits per heavy atom. The van der Waals surface area contributed by atoms with Crippen molar-refractivity contribution in [2.24, 2.45) is 4.99 Å². The van der Waals surface area contributed by atoms with Crippen molar-refractivity contribution in [1.29, 1.82) is 0 Å². The summed E-state index contributed by atoms with van der Waals surface area (Å²) >= 11 is 7.91. The molecule has 200 valence electrons. The summed E-state index contributed by atoms with van der Waals surface area (Å²) in [7, 11) is 0. The molecular weight excluding hydrogens is 530 g/mol. The molecule has 0 saturated heterocycles. The summed E-state index contributed by atoms with van der Waals surface area (Å²) in [5.74, 6) is -0.505. The van der Waals surface area contributed by atoms with Crippen LogP contribution in [0.4, 0.5) is 0 Å². The zero-order valence-electron chi connectivity index (χ0n) is 22.8. The number of esters is 1. The fraction of sp³-hybridized carbons (Fsp3) is 0.258. The van der Waals surface area contributed by atoms with Crippen molar-refractivity contribution in [1.82, 2.24) is 9.13 Å². The maximum absolute atomic E-state index is 14.0. The number of hydrogen-bond donors (Lipinski definition) is 0. The Hall–Kier alpha value is -3.68. The van der Waals surface area contributed by atoms with Crippen LogP contribution >= 0.6 is 22.9 Å². The smallest absolute Gasteiger partial charge is 0.338 e.